The van der Waals surface area contributed by atoms with Crippen molar-refractivity contribution in [3.63, 3.8) is 0 Å². The number of aromatic nitrogens is 1. The van der Waals surface area contributed by atoms with Crippen LogP contribution in [-0.2, 0) is 23.7 Å². The Morgan fingerprint density at radius 2 is 1.24 bits per heavy atom. The van der Waals surface area contributed by atoms with Gasteiger partial charge in [0.1, 0.15) is 5.82 Å². The molecule has 4 heteroatoms. The third-order valence-electron chi connectivity index (χ3n) is 14.7. The predicted molar refractivity (Wildman–Crippen MR) is 230 cm³/mol. The average molecular weight is 716 g/mol. The minimum atomic E-state index is -0.0861. The maximum Gasteiger partial charge on any atom is 0.254 e. The first kappa shape index (κ1) is 32.3. The Morgan fingerprint density at radius 3 is 1.87 bits per heavy atom. The number of benzene rings is 5. The molecule has 1 aromatic heterocycles. The lowest BCUT2D eigenvalue weighted by Crippen LogP contribution is -2.62. The zero-order valence-electron chi connectivity index (χ0n) is 32.8. The van der Waals surface area contributed by atoms with Crippen LogP contribution in [-0.4, -0.2) is 11.3 Å². The highest BCUT2D eigenvalue weighted by Gasteiger charge is 2.54. The fraction of sp³-hybridized carbons (Fsp3) is 0.333. The molecule has 5 aromatic carbocycles. The molecule has 0 unspecified atom stereocenters. The van der Waals surface area contributed by atoms with Gasteiger partial charge >= 0.3 is 0 Å². The smallest absolute Gasteiger partial charge is 0.254 e. The zero-order chi connectivity index (χ0) is 36.8. The molecule has 272 valence electrons. The van der Waals surface area contributed by atoms with Gasteiger partial charge in [0, 0.05) is 39.5 Å². The van der Waals surface area contributed by atoms with Crippen LogP contribution in [0.2, 0.25) is 0 Å². The Labute approximate surface area is 327 Å². The highest BCUT2D eigenvalue weighted by atomic mass is 15.3. The molecule has 2 aliphatic heterocycles. The van der Waals surface area contributed by atoms with Crippen molar-refractivity contribution >= 4 is 57.4 Å². The van der Waals surface area contributed by atoms with Crippen LogP contribution in [0.25, 0.3) is 5.69 Å². The molecule has 5 aliphatic carbocycles. The van der Waals surface area contributed by atoms with Crippen molar-refractivity contribution in [1.82, 2.24) is 4.57 Å². The van der Waals surface area contributed by atoms with Gasteiger partial charge in [-0.1, -0.05) is 87.5 Å². The van der Waals surface area contributed by atoms with E-state index in [9.17, 15) is 0 Å². The molecule has 6 aromatic rings. The average Bonchev–Trinajstić information content (AvgIpc) is 3.56. The number of hydrogen-bond acceptors (Lipinski definition) is 2. The van der Waals surface area contributed by atoms with Crippen LogP contribution in [0, 0.1) is 24.7 Å². The fourth-order valence-corrected chi connectivity index (χ4v) is 12.9. The minimum absolute atomic E-state index is 0.0861. The lowest BCUT2D eigenvalue weighted by Gasteiger charge is -2.58. The standard InChI is InChI=1S/C51H50BN3/c1-32-23-44-47-45(24-32)55(43-18-12-11-17-40(43)51-29-33-25-34(30-51)27-35(26-33)31-51)49-42(28-46(50(2,3)4)54(49)38-15-9-6-10-16-38)52(47)41-22-20-36-19-21-39(36)48(41)53(44)37-13-7-5-8-14-37/h5-18,20,22-24,28,33-35H,19,21,25-27,29-31H2,1-4H3. The van der Waals surface area contributed by atoms with Gasteiger partial charge < -0.3 is 4.90 Å². The van der Waals surface area contributed by atoms with Crippen molar-refractivity contribution < 1.29 is 0 Å². The molecule has 4 bridgehead atoms. The van der Waals surface area contributed by atoms with Crippen LogP contribution in [0.15, 0.2) is 115 Å². The summed E-state index contributed by atoms with van der Waals surface area (Å²) in [4.78, 5) is 5.41. The lowest BCUT2D eigenvalue weighted by molar-refractivity contribution is -0.00491. The van der Waals surface area contributed by atoms with Gasteiger partial charge in [-0.15, -0.1) is 0 Å². The first-order chi connectivity index (χ1) is 26.8. The zero-order valence-corrected chi connectivity index (χ0v) is 32.8. The highest BCUT2D eigenvalue weighted by molar-refractivity contribution is 7.00. The third kappa shape index (κ3) is 4.52. The number of para-hydroxylation sites is 3. The number of rotatable bonds is 4. The number of fused-ring (bicyclic) bond motifs is 6. The van der Waals surface area contributed by atoms with E-state index in [0.29, 0.717) is 0 Å². The van der Waals surface area contributed by atoms with Crippen LogP contribution in [0.4, 0.5) is 34.3 Å². The molecular formula is C51H50BN3. The molecule has 0 N–H and O–H groups in total. The molecule has 0 spiro atoms. The first-order valence-corrected chi connectivity index (χ1v) is 21.1. The van der Waals surface area contributed by atoms with E-state index in [0.717, 1.165) is 24.2 Å². The van der Waals surface area contributed by atoms with Gasteiger partial charge in [0.15, 0.2) is 0 Å². The van der Waals surface area contributed by atoms with Gasteiger partial charge in [0.05, 0.1) is 5.69 Å². The minimum Gasteiger partial charge on any atom is -0.311 e. The van der Waals surface area contributed by atoms with Crippen LogP contribution < -0.4 is 26.2 Å². The lowest BCUT2D eigenvalue weighted by atomic mass is 9.33. The molecule has 4 fully saturated rings. The summed E-state index contributed by atoms with van der Waals surface area (Å²) in [6.45, 7) is 9.65. The monoisotopic (exact) mass is 715 g/mol. The Hall–Kier alpha value is -4.96. The van der Waals surface area contributed by atoms with Crippen molar-refractivity contribution in [2.45, 2.75) is 89.9 Å². The van der Waals surface area contributed by atoms with Crippen molar-refractivity contribution in [3.8, 4) is 5.69 Å². The van der Waals surface area contributed by atoms with Gasteiger partial charge in [-0.3, -0.25) is 9.47 Å². The van der Waals surface area contributed by atoms with Crippen LogP contribution in [0.1, 0.15) is 87.2 Å². The summed E-state index contributed by atoms with van der Waals surface area (Å²) in [6, 6.07) is 44.7. The van der Waals surface area contributed by atoms with Crippen molar-refractivity contribution in [1.29, 1.82) is 0 Å². The van der Waals surface area contributed by atoms with E-state index in [4.69, 9.17) is 0 Å². The summed E-state index contributed by atoms with van der Waals surface area (Å²) in [5, 5.41) is 0. The maximum atomic E-state index is 2.77. The molecule has 3 nitrogen and oxygen atoms in total. The second-order valence-electron chi connectivity index (χ2n) is 19.2. The number of nitrogens with zero attached hydrogens (tertiary/aromatic N) is 3. The summed E-state index contributed by atoms with van der Waals surface area (Å²) in [5.41, 5.74) is 19.8. The van der Waals surface area contributed by atoms with Crippen LogP contribution in [0.3, 0.4) is 0 Å². The van der Waals surface area contributed by atoms with Gasteiger partial charge in [-0.25, -0.2) is 0 Å². The molecule has 13 rings (SSSR count). The second-order valence-corrected chi connectivity index (χ2v) is 19.2. The van der Waals surface area contributed by atoms with E-state index in [1.807, 2.05) is 0 Å². The molecule has 7 aliphatic rings. The maximum absolute atomic E-state index is 2.77. The predicted octanol–water partition coefficient (Wildman–Crippen LogP) is 10.7. The molecule has 3 heterocycles. The molecule has 0 saturated heterocycles. The molecule has 55 heavy (non-hydrogen) atoms. The summed E-state index contributed by atoms with van der Waals surface area (Å²) in [5.74, 6) is 3.95. The van der Waals surface area contributed by atoms with Gasteiger partial charge in [0.25, 0.3) is 6.71 Å². The summed E-state index contributed by atoms with van der Waals surface area (Å²) in [7, 11) is 0. The molecule has 0 amide bonds. The van der Waals surface area contributed by atoms with Crippen molar-refractivity contribution in [2.75, 3.05) is 9.80 Å². The molecular weight excluding hydrogens is 665 g/mol. The summed E-state index contributed by atoms with van der Waals surface area (Å²) in [6.07, 6.45) is 10.7. The number of hydrogen-bond donors (Lipinski definition) is 0. The van der Waals surface area contributed by atoms with Crippen molar-refractivity contribution in [3.05, 3.63) is 143 Å². The van der Waals surface area contributed by atoms with Gasteiger partial charge in [-0.05, 0) is 169 Å². The van der Waals surface area contributed by atoms with E-state index < -0.39 is 0 Å². The molecule has 0 radical (unpaired) electrons. The topological polar surface area (TPSA) is 11.4 Å². The quantitative estimate of drug-likeness (QED) is 0.168. The van der Waals surface area contributed by atoms with E-state index in [-0.39, 0.29) is 17.5 Å². The van der Waals surface area contributed by atoms with Crippen LogP contribution in [0.5, 0.6) is 0 Å². The Kier molecular flexibility index (Phi) is 6.64. The van der Waals surface area contributed by atoms with Crippen molar-refractivity contribution in [2.24, 2.45) is 17.8 Å². The van der Waals surface area contributed by atoms with E-state index in [2.05, 4.69) is 157 Å². The SMILES string of the molecule is Cc1cc2c3c(c1)N(c1ccccc1C14CC5CC(CC(C5)C1)C4)c1c(cc(C(C)(C)C)n1-c1ccccc1)B3c1ccc3c(c1N2c1ccccc1)CC3. The Morgan fingerprint density at radius 1 is 0.618 bits per heavy atom. The second kappa shape index (κ2) is 11.3. The summed E-state index contributed by atoms with van der Waals surface area (Å²) < 4.78 is 2.65. The molecule has 4 saturated carbocycles. The fourth-order valence-electron chi connectivity index (χ4n) is 12.9. The highest BCUT2D eigenvalue weighted by Crippen LogP contribution is 2.63. The van der Waals surface area contributed by atoms with Gasteiger partial charge in [-0.2, -0.15) is 0 Å². The Bertz CT molecular complexity index is 2500. The van der Waals surface area contributed by atoms with E-state index in [1.165, 1.54) is 124 Å². The Balaban J connectivity index is 1.21. The van der Waals surface area contributed by atoms with Gasteiger partial charge in [0.2, 0.25) is 0 Å². The third-order valence-corrected chi connectivity index (χ3v) is 14.7. The van der Waals surface area contributed by atoms with E-state index in [1.54, 1.807) is 5.56 Å². The van der Waals surface area contributed by atoms with Crippen LogP contribution >= 0.6 is 0 Å². The van der Waals surface area contributed by atoms with E-state index >= 15 is 0 Å². The normalized spacial score (nSPS) is 23.9. The largest absolute Gasteiger partial charge is 0.311 e. The number of anilines is 6. The molecule has 0 atom stereocenters. The first-order valence-electron chi connectivity index (χ1n) is 21.1. The number of aryl methyl sites for hydroxylation is 2. The summed E-state index contributed by atoms with van der Waals surface area (Å²) >= 11 is 0.